The zero-order valence-corrected chi connectivity index (χ0v) is 12.9. The Hall–Kier alpha value is -2.24. The van der Waals surface area contributed by atoms with Crippen LogP contribution in [0.1, 0.15) is 11.1 Å². The molecule has 0 aliphatic rings. The number of hydrogen-bond donors (Lipinski definition) is 3. The van der Waals surface area contributed by atoms with Crippen LogP contribution in [0.2, 0.25) is 0 Å². The molecule has 0 saturated heterocycles. The number of aryl methyl sites for hydroxylation is 1. The van der Waals surface area contributed by atoms with E-state index in [0.717, 1.165) is 5.56 Å². The van der Waals surface area contributed by atoms with Crippen molar-refractivity contribution in [1.82, 2.24) is 10.2 Å². The molecule has 6 heteroatoms. The van der Waals surface area contributed by atoms with Gasteiger partial charge in [0, 0.05) is 5.56 Å². The quantitative estimate of drug-likeness (QED) is 0.412. The summed E-state index contributed by atoms with van der Waals surface area (Å²) >= 11 is 0. The summed E-state index contributed by atoms with van der Waals surface area (Å²) in [4.78, 5) is 13.9. The van der Waals surface area contributed by atoms with Crippen LogP contribution in [0.25, 0.3) is 0 Å². The highest BCUT2D eigenvalue weighted by atomic mass is 16.3. The molecular formula is C14H23N4O2+. The summed E-state index contributed by atoms with van der Waals surface area (Å²) < 4.78 is 1.81. The van der Waals surface area contributed by atoms with Gasteiger partial charge in [0.2, 0.25) is 0 Å². The van der Waals surface area contributed by atoms with Crippen molar-refractivity contribution in [2.45, 2.75) is 13.8 Å². The van der Waals surface area contributed by atoms with Gasteiger partial charge in [-0.15, -0.1) is 0 Å². The van der Waals surface area contributed by atoms with Crippen LogP contribution in [0, 0.1) is 13.8 Å². The molecule has 1 rings (SSSR count). The minimum atomic E-state index is -0.348. The fourth-order valence-corrected chi connectivity index (χ4v) is 1.90. The Kier molecular flexibility index (Phi) is 4.96. The van der Waals surface area contributed by atoms with Crippen molar-refractivity contribution in [2.24, 2.45) is 0 Å². The molecule has 0 fully saturated rings. The maximum absolute atomic E-state index is 12.1. The number of phenols is 1. The number of guanidine groups is 1. The van der Waals surface area contributed by atoms with Crippen molar-refractivity contribution in [2.75, 3.05) is 33.5 Å². The highest BCUT2D eigenvalue weighted by molar-refractivity contribution is 6.01. The van der Waals surface area contributed by atoms with Crippen LogP contribution >= 0.6 is 0 Å². The molecule has 0 aromatic heterocycles. The first-order valence-corrected chi connectivity index (χ1v) is 6.32. The third-order valence-corrected chi connectivity index (χ3v) is 2.96. The van der Waals surface area contributed by atoms with Crippen LogP contribution in [0.5, 0.6) is 5.75 Å². The second-order valence-electron chi connectivity index (χ2n) is 5.09. The molecule has 1 aromatic carbocycles. The van der Waals surface area contributed by atoms with E-state index < -0.39 is 0 Å². The minimum absolute atomic E-state index is 0.162. The van der Waals surface area contributed by atoms with E-state index in [9.17, 15) is 9.90 Å². The van der Waals surface area contributed by atoms with Crippen molar-refractivity contribution in [1.29, 1.82) is 0 Å². The molecular weight excluding hydrogens is 256 g/mol. The van der Waals surface area contributed by atoms with Crippen molar-refractivity contribution < 1.29 is 14.5 Å². The predicted molar refractivity (Wildman–Crippen MR) is 80.5 cm³/mol. The average Bonchev–Trinajstić information content (AvgIpc) is 2.35. The number of nitrogens with one attached hydrogen (secondary N) is 2. The predicted octanol–water partition coefficient (Wildman–Crippen LogP) is 1.32. The first-order chi connectivity index (χ1) is 9.23. The Bertz CT molecular complexity index is 546. The van der Waals surface area contributed by atoms with Crippen LogP contribution < -0.4 is 10.6 Å². The molecule has 0 bridgehead atoms. The summed E-state index contributed by atoms with van der Waals surface area (Å²) in [7, 11) is 7.39. The van der Waals surface area contributed by atoms with E-state index in [-0.39, 0.29) is 11.8 Å². The molecule has 1 aromatic rings. The van der Waals surface area contributed by atoms with E-state index >= 15 is 0 Å². The molecule has 0 unspecified atom stereocenters. The third kappa shape index (κ3) is 3.63. The molecule has 0 radical (unpaired) electrons. The standard InChI is InChI=1S/C14H22N4O2/c1-9-7-8-11(19)10(2)12(9)15-13(20)16-14(17(3)4)18(5)6/h7-8H,1-6H3,(H2,15,19,20)/p+1. The zero-order valence-electron chi connectivity index (χ0n) is 12.9. The summed E-state index contributed by atoms with van der Waals surface area (Å²) in [6, 6.07) is 3.03. The molecule has 6 nitrogen and oxygen atoms in total. The molecule has 0 aliphatic carbocycles. The van der Waals surface area contributed by atoms with Gasteiger partial charge in [-0.05, 0) is 25.5 Å². The summed E-state index contributed by atoms with van der Waals surface area (Å²) in [5.41, 5.74) is 2.17. The van der Waals surface area contributed by atoms with Gasteiger partial charge >= 0.3 is 12.0 Å². The SMILES string of the molecule is Cc1ccc(O)c(C)c1NC(=O)NC(N(C)C)=[N+](C)C. The number of phenolic OH excluding ortho intramolecular Hbond substituents is 1. The van der Waals surface area contributed by atoms with E-state index in [1.165, 1.54) is 0 Å². The van der Waals surface area contributed by atoms with Gasteiger partial charge in [-0.3, -0.25) is 14.8 Å². The van der Waals surface area contributed by atoms with Crippen LogP contribution in [0.4, 0.5) is 10.5 Å². The molecule has 0 heterocycles. The highest BCUT2D eigenvalue weighted by Crippen LogP contribution is 2.27. The molecule has 0 spiro atoms. The average molecular weight is 279 g/mol. The summed E-state index contributed by atoms with van der Waals surface area (Å²) in [5.74, 6) is 0.827. The first kappa shape index (κ1) is 15.8. The van der Waals surface area contributed by atoms with Crippen LogP contribution in [0.3, 0.4) is 0 Å². The van der Waals surface area contributed by atoms with Crippen LogP contribution in [-0.2, 0) is 0 Å². The summed E-state index contributed by atoms with van der Waals surface area (Å²) in [6.07, 6.45) is 0. The van der Waals surface area contributed by atoms with Crippen molar-refractivity contribution in [3.63, 3.8) is 0 Å². The summed E-state index contributed by atoms with van der Waals surface area (Å²) in [6.45, 7) is 3.64. The van der Waals surface area contributed by atoms with E-state index in [1.807, 2.05) is 44.6 Å². The highest BCUT2D eigenvalue weighted by Gasteiger charge is 2.18. The van der Waals surface area contributed by atoms with Gasteiger partial charge in [-0.25, -0.2) is 4.79 Å². The second kappa shape index (κ2) is 6.27. The Morgan fingerprint density at radius 3 is 2.35 bits per heavy atom. The smallest absolute Gasteiger partial charge is 0.384 e. The van der Waals surface area contributed by atoms with Gasteiger partial charge in [0.05, 0.1) is 33.9 Å². The lowest BCUT2D eigenvalue weighted by atomic mass is 10.1. The number of nitrogens with zero attached hydrogens (tertiary/aromatic N) is 2. The van der Waals surface area contributed by atoms with Gasteiger partial charge in [-0.2, -0.15) is 5.32 Å². The molecule has 0 saturated carbocycles. The Balaban J connectivity index is 2.93. The lowest BCUT2D eigenvalue weighted by Crippen LogP contribution is -2.46. The Morgan fingerprint density at radius 2 is 1.85 bits per heavy atom. The third-order valence-electron chi connectivity index (χ3n) is 2.96. The number of hydrogen-bond acceptors (Lipinski definition) is 2. The molecule has 110 valence electrons. The first-order valence-electron chi connectivity index (χ1n) is 6.32. The fraction of sp³-hybridized carbons (Fsp3) is 0.429. The number of carbonyl (C=O) groups is 1. The largest absolute Gasteiger partial charge is 0.508 e. The molecule has 0 atom stereocenters. The molecule has 0 aliphatic heterocycles. The topological polar surface area (TPSA) is 67.6 Å². The molecule has 3 N–H and O–H groups in total. The monoisotopic (exact) mass is 279 g/mol. The number of carbonyl (C=O) groups excluding carboxylic acids is 1. The number of benzene rings is 1. The number of aromatic hydroxyl groups is 1. The van der Waals surface area contributed by atoms with E-state index in [1.54, 1.807) is 19.1 Å². The van der Waals surface area contributed by atoms with Gasteiger partial charge in [0.15, 0.2) is 0 Å². The van der Waals surface area contributed by atoms with Crippen LogP contribution in [-0.4, -0.2) is 54.8 Å². The van der Waals surface area contributed by atoms with Crippen molar-refractivity contribution >= 4 is 17.7 Å². The van der Waals surface area contributed by atoms with Crippen LogP contribution in [0.15, 0.2) is 12.1 Å². The zero-order chi connectivity index (χ0) is 15.4. The van der Waals surface area contributed by atoms with Gasteiger partial charge < -0.3 is 5.11 Å². The maximum atomic E-state index is 12.1. The maximum Gasteiger partial charge on any atom is 0.384 e. The second-order valence-corrected chi connectivity index (χ2v) is 5.09. The number of amides is 2. The molecule has 2 amide bonds. The van der Waals surface area contributed by atoms with Gasteiger partial charge in [0.1, 0.15) is 5.75 Å². The lowest BCUT2D eigenvalue weighted by Gasteiger charge is -2.15. The van der Waals surface area contributed by atoms with Gasteiger partial charge in [0.25, 0.3) is 0 Å². The summed E-state index contributed by atoms with van der Waals surface area (Å²) in [5, 5.41) is 15.3. The van der Waals surface area contributed by atoms with Gasteiger partial charge in [-0.1, -0.05) is 6.07 Å². The van der Waals surface area contributed by atoms with E-state index in [2.05, 4.69) is 10.6 Å². The number of rotatable bonds is 1. The minimum Gasteiger partial charge on any atom is -0.508 e. The number of anilines is 1. The Morgan fingerprint density at radius 1 is 1.25 bits per heavy atom. The number of urea groups is 1. The Labute approximate surface area is 119 Å². The van der Waals surface area contributed by atoms with Crippen molar-refractivity contribution in [3.8, 4) is 5.75 Å². The van der Waals surface area contributed by atoms with E-state index in [4.69, 9.17) is 0 Å². The van der Waals surface area contributed by atoms with Crippen molar-refractivity contribution in [3.05, 3.63) is 23.3 Å². The fourth-order valence-electron chi connectivity index (χ4n) is 1.90. The normalized spacial score (nSPS) is 9.90. The van der Waals surface area contributed by atoms with E-state index in [0.29, 0.717) is 17.2 Å². The lowest BCUT2D eigenvalue weighted by molar-refractivity contribution is -0.471. The molecule has 20 heavy (non-hydrogen) atoms.